The van der Waals surface area contributed by atoms with Crippen LogP contribution in [0.3, 0.4) is 0 Å². The van der Waals surface area contributed by atoms with Gasteiger partial charge in [0, 0.05) is 30.0 Å². The quantitative estimate of drug-likeness (QED) is 0.488. The van der Waals surface area contributed by atoms with Gasteiger partial charge in [-0.3, -0.25) is 9.69 Å². The van der Waals surface area contributed by atoms with Gasteiger partial charge in [-0.1, -0.05) is 36.8 Å². The van der Waals surface area contributed by atoms with Crippen molar-refractivity contribution in [2.24, 2.45) is 5.92 Å². The number of amides is 1. The first-order valence-corrected chi connectivity index (χ1v) is 13.0. The average molecular weight is 501 g/mol. The van der Waals surface area contributed by atoms with Crippen molar-refractivity contribution in [3.05, 3.63) is 59.4 Å². The maximum absolute atomic E-state index is 12.6. The fraction of sp³-hybridized carbons (Fsp3) is 0.448. The fourth-order valence-electron chi connectivity index (χ4n) is 6.11. The molecule has 0 saturated heterocycles. The van der Waals surface area contributed by atoms with E-state index in [0.717, 1.165) is 66.4 Å². The van der Waals surface area contributed by atoms with Crippen LogP contribution in [-0.4, -0.2) is 39.9 Å². The highest BCUT2D eigenvalue weighted by atomic mass is 16.5. The van der Waals surface area contributed by atoms with Crippen molar-refractivity contribution in [1.29, 1.82) is 5.26 Å². The summed E-state index contributed by atoms with van der Waals surface area (Å²) >= 11 is 0. The van der Waals surface area contributed by atoms with Crippen LogP contribution < -0.4 is 4.90 Å². The van der Waals surface area contributed by atoms with E-state index in [1.54, 1.807) is 4.90 Å². The Hall–Kier alpha value is -3.86. The number of benzene rings is 2. The van der Waals surface area contributed by atoms with Gasteiger partial charge in [0.25, 0.3) is 0 Å². The molecule has 5 rings (SSSR count). The number of nitrogens with zero attached hydrogens (tertiary/aromatic N) is 4. The summed E-state index contributed by atoms with van der Waals surface area (Å²) in [7, 11) is 1.39. The maximum atomic E-state index is 12.6. The Labute approximate surface area is 216 Å². The maximum Gasteiger partial charge on any atom is 0.414 e. The van der Waals surface area contributed by atoms with Crippen LogP contribution in [0, 0.1) is 17.2 Å². The Kier molecular flexibility index (Phi) is 6.88. The van der Waals surface area contributed by atoms with Gasteiger partial charge in [-0.25, -0.2) is 9.78 Å². The number of ether oxygens (including phenoxy) is 1. The van der Waals surface area contributed by atoms with E-state index < -0.39 is 18.0 Å². The van der Waals surface area contributed by atoms with E-state index in [2.05, 4.69) is 10.6 Å². The van der Waals surface area contributed by atoms with Crippen molar-refractivity contribution in [2.75, 3.05) is 12.0 Å². The third kappa shape index (κ3) is 4.55. The number of aromatic nitrogens is 2. The van der Waals surface area contributed by atoms with Crippen molar-refractivity contribution in [3.8, 4) is 6.07 Å². The van der Waals surface area contributed by atoms with Crippen molar-refractivity contribution in [2.45, 2.75) is 69.9 Å². The van der Waals surface area contributed by atoms with Crippen LogP contribution in [0.2, 0.25) is 0 Å². The molecule has 3 aromatic rings. The van der Waals surface area contributed by atoms with Crippen LogP contribution in [0.15, 0.2) is 42.5 Å². The van der Waals surface area contributed by atoms with E-state index in [4.69, 9.17) is 9.72 Å². The molecule has 1 fully saturated rings. The normalized spacial score (nSPS) is 22.2. The molecule has 0 bridgehead atoms. The molecule has 37 heavy (non-hydrogen) atoms. The van der Waals surface area contributed by atoms with Crippen molar-refractivity contribution >= 4 is 28.8 Å². The number of rotatable bonds is 5. The van der Waals surface area contributed by atoms with Gasteiger partial charge in [0.15, 0.2) is 0 Å². The molecule has 4 atom stereocenters. The fourth-order valence-corrected chi connectivity index (χ4v) is 6.11. The summed E-state index contributed by atoms with van der Waals surface area (Å²) in [5, 5.41) is 19.8. The first-order valence-electron chi connectivity index (χ1n) is 13.0. The molecule has 0 spiro atoms. The van der Waals surface area contributed by atoms with E-state index in [9.17, 15) is 20.0 Å². The molecule has 1 saturated carbocycles. The van der Waals surface area contributed by atoms with E-state index in [-0.39, 0.29) is 24.4 Å². The molecule has 192 valence electrons. The number of anilines is 1. The number of carbonyl (C=O) groups is 2. The number of carboxylic acids is 1. The van der Waals surface area contributed by atoms with Crippen LogP contribution in [0.4, 0.5) is 10.5 Å². The van der Waals surface area contributed by atoms with Gasteiger partial charge < -0.3 is 14.4 Å². The minimum absolute atomic E-state index is 0.00292. The molecule has 1 amide bonds. The Bertz CT molecular complexity index is 1360. The Morgan fingerprint density at radius 2 is 1.97 bits per heavy atom. The molecule has 2 heterocycles. The van der Waals surface area contributed by atoms with E-state index >= 15 is 0 Å². The Morgan fingerprint density at radius 3 is 2.68 bits per heavy atom. The summed E-state index contributed by atoms with van der Waals surface area (Å²) in [6.45, 7) is 2.01. The molecule has 1 aliphatic heterocycles. The number of hydrogen-bond acceptors (Lipinski definition) is 5. The Morgan fingerprint density at radius 1 is 1.19 bits per heavy atom. The zero-order valence-electron chi connectivity index (χ0n) is 21.3. The molecule has 1 aliphatic carbocycles. The number of imidazole rings is 1. The zero-order chi connectivity index (χ0) is 26.1. The second kappa shape index (κ2) is 10.3. The number of carboxylic acid groups (broad SMARTS) is 1. The molecule has 0 radical (unpaired) electrons. The number of hydrogen-bond donors (Lipinski definition) is 1. The van der Waals surface area contributed by atoms with Crippen molar-refractivity contribution < 1.29 is 19.4 Å². The molecule has 1 aromatic heterocycles. The number of carbonyl (C=O) groups excluding carboxylic acids is 1. The minimum Gasteiger partial charge on any atom is -0.481 e. The SMILES string of the molecule is COC(=O)N1c2ccc3c(nc(C[C@@H](C(=O)O)c4ccccc4)n3[C@@H]3CCC[C@@H](C#N)C3)c2CC[C@@H]1C. The van der Waals surface area contributed by atoms with E-state index in [1.807, 2.05) is 49.4 Å². The highest BCUT2D eigenvalue weighted by Gasteiger charge is 2.34. The van der Waals surface area contributed by atoms with Crippen molar-refractivity contribution in [1.82, 2.24) is 9.55 Å². The molecule has 1 N–H and O–H groups in total. The molecule has 2 aliphatic rings. The lowest BCUT2D eigenvalue weighted by Crippen LogP contribution is -2.42. The summed E-state index contributed by atoms with van der Waals surface area (Å²) in [5.41, 5.74) is 4.27. The second-order valence-electron chi connectivity index (χ2n) is 10.2. The molecule has 8 heteroatoms. The van der Waals surface area contributed by atoms with Crippen molar-refractivity contribution in [3.63, 3.8) is 0 Å². The lowest BCUT2D eigenvalue weighted by atomic mass is 9.86. The number of aliphatic carboxylic acids is 1. The van der Waals surface area contributed by atoms with Crippen LogP contribution in [0.5, 0.6) is 0 Å². The standard InChI is InChI=1S/C29H32N4O4/c1-18-11-12-22-24(32(18)29(36)37-2)13-14-25-27(22)31-26(33(25)21-10-6-7-19(15-21)17-30)16-23(28(34)35)20-8-4-3-5-9-20/h3-5,8-9,13-14,18-19,21,23H,6-7,10-12,15-16H2,1-2H3,(H,34,35)/t18-,19+,21+,23+/m0/s1. The van der Waals surface area contributed by atoms with Gasteiger partial charge in [-0.15, -0.1) is 0 Å². The summed E-state index contributed by atoms with van der Waals surface area (Å²) in [6.07, 6.45) is 4.87. The number of nitriles is 1. The largest absolute Gasteiger partial charge is 0.481 e. The van der Waals surface area contributed by atoms with Gasteiger partial charge >= 0.3 is 12.1 Å². The molecule has 8 nitrogen and oxygen atoms in total. The molecular formula is C29H32N4O4. The number of fused-ring (bicyclic) bond motifs is 3. The van der Waals surface area contributed by atoms with E-state index in [0.29, 0.717) is 5.82 Å². The lowest BCUT2D eigenvalue weighted by molar-refractivity contribution is -0.138. The van der Waals surface area contributed by atoms with Gasteiger partial charge in [0.2, 0.25) is 0 Å². The van der Waals surface area contributed by atoms with Crippen LogP contribution in [-0.2, 0) is 22.4 Å². The van der Waals surface area contributed by atoms with Crippen LogP contribution in [0.25, 0.3) is 11.0 Å². The summed E-state index contributed by atoms with van der Waals surface area (Å²) in [6, 6.07) is 15.7. The summed E-state index contributed by atoms with van der Waals surface area (Å²) in [5.74, 6) is -0.946. The number of methoxy groups -OCH3 is 1. The first-order chi connectivity index (χ1) is 17.9. The zero-order valence-corrected chi connectivity index (χ0v) is 21.3. The average Bonchev–Trinajstić information content (AvgIpc) is 3.30. The highest BCUT2D eigenvalue weighted by molar-refractivity contribution is 5.95. The van der Waals surface area contributed by atoms with E-state index in [1.165, 1.54) is 7.11 Å². The number of aryl methyl sites for hydroxylation is 1. The van der Waals surface area contributed by atoms with Gasteiger partial charge in [0.05, 0.1) is 35.8 Å². The van der Waals surface area contributed by atoms with Gasteiger partial charge in [-0.2, -0.15) is 5.26 Å². The van der Waals surface area contributed by atoms with Gasteiger partial charge in [0.1, 0.15) is 5.82 Å². The van der Waals surface area contributed by atoms with Crippen LogP contribution >= 0.6 is 0 Å². The Balaban J connectivity index is 1.66. The second-order valence-corrected chi connectivity index (χ2v) is 10.2. The minimum atomic E-state index is -0.893. The predicted molar refractivity (Wildman–Crippen MR) is 140 cm³/mol. The summed E-state index contributed by atoms with van der Waals surface area (Å²) < 4.78 is 7.26. The van der Waals surface area contributed by atoms with Gasteiger partial charge in [-0.05, 0) is 56.7 Å². The highest BCUT2D eigenvalue weighted by Crippen LogP contribution is 2.41. The molecular weight excluding hydrogens is 468 g/mol. The topological polar surface area (TPSA) is 108 Å². The smallest absolute Gasteiger partial charge is 0.414 e. The monoisotopic (exact) mass is 500 g/mol. The lowest BCUT2D eigenvalue weighted by Gasteiger charge is -2.34. The third-order valence-electron chi connectivity index (χ3n) is 7.98. The predicted octanol–water partition coefficient (Wildman–Crippen LogP) is 5.61. The summed E-state index contributed by atoms with van der Waals surface area (Å²) in [4.78, 5) is 31.8. The first kappa shape index (κ1) is 24.8. The molecule has 0 unspecified atom stereocenters. The van der Waals surface area contributed by atoms with Crippen LogP contribution in [0.1, 0.15) is 67.9 Å². The third-order valence-corrected chi connectivity index (χ3v) is 7.98. The molecule has 2 aromatic carbocycles.